The number of hydrogen-bond acceptors (Lipinski definition) is 18. The molecule has 0 aliphatic heterocycles. The Bertz CT molecular complexity index is 1140. The van der Waals surface area contributed by atoms with Gasteiger partial charge < -0.3 is 94.4 Å². The van der Waals surface area contributed by atoms with Gasteiger partial charge in [0.25, 0.3) is 0 Å². The van der Waals surface area contributed by atoms with E-state index in [4.69, 9.17) is 28.6 Å². The van der Waals surface area contributed by atoms with Gasteiger partial charge in [-0.2, -0.15) is 0 Å². The fourth-order valence-electron chi connectivity index (χ4n) is 6.70. The smallest absolute Gasteiger partial charge is 0.479 e. The summed E-state index contributed by atoms with van der Waals surface area (Å²) in [4.78, 5) is 33.5. The number of aliphatic carboxylic acids is 3. The van der Waals surface area contributed by atoms with Crippen molar-refractivity contribution in [2.45, 2.75) is 189 Å². The summed E-state index contributed by atoms with van der Waals surface area (Å²) in [5, 5.41) is 150. The molecule has 0 amide bonds. The third-order valence-corrected chi connectivity index (χ3v) is 13.8. The second-order valence-electron chi connectivity index (χ2n) is 17.0. The zero-order valence-corrected chi connectivity index (χ0v) is 38.1. The van der Waals surface area contributed by atoms with Gasteiger partial charge in [0, 0.05) is 12.5 Å². The molecule has 0 aliphatic rings. The van der Waals surface area contributed by atoms with E-state index in [0.29, 0.717) is 11.0 Å². The summed E-state index contributed by atoms with van der Waals surface area (Å²) in [6.07, 6.45) is -10.5. The minimum absolute atomic E-state index is 0.148. The predicted octanol–water partition coefficient (Wildman–Crippen LogP) is -2.10. The summed E-state index contributed by atoms with van der Waals surface area (Å²) in [5.41, 5.74) is 0. The number of aliphatic hydroxyl groups is 12. The van der Waals surface area contributed by atoms with Gasteiger partial charge in [-0.1, -0.05) is 90.4 Å². The molecule has 0 aromatic heterocycles. The molecule has 374 valence electrons. The molecule has 63 heavy (non-hydrogen) atoms. The first kappa shape index (κ1) is 61.0. The number of quaternary nitrogens is 1. The summed E-state index contributed by atoms with van der Waals surface area (Å²) in [7, 11) is -0.773. The molecular formula is C40H80NO21Si+. The van der Waals surface area contributed by atoms with Crippen LogP contribution in [0.2, 0.25) is 6.04 Å². The maximum Gasteiger partial charge on any atom is 0.501 e. The lowest BCUT2D eigenvalue weighted by atomic mass is 10.0. The zero-order chi connectivity index (χ0) is 48.3. The van der Waals surface area contributed by atoms with Gasteiger partial charge in [0.15, 0.2) is 18.3 Å². The van der Waals surface area contributed by atoms with Gasteiger partial charge in [0.05, 0.1) is 47.0 Å². The van der Waals surface area contributed by atoms with Crippen LogP contribution >= 0.6 is 0 Å². The van der Waals surface area contributed by atoms with Crippen molar-refractivity contribution in [3.63, 3.8) is 0 Å². The van der Waals surface area contributed by atoms with Gasteiger partial charge in [-0.25, -0.2) is 14.4 Å². The molecule has 0 aromatic rings. The Morgan fingerprint density at radius 1 is 0.413 bits per heavy atom. The lowest BCUT2D eigenvalue weighted by Crippen LogP contribution is -2.56. The van der Waals surface area contributed by atoms with Crippen LogP contribution in [0.4, 0.5) is 0 Å². The molecular weight excluding hydrogens is 859 g/mol. The Hall–Kier alpha value is -2.01. The Morgan fingerprint density at radius 2 is 0.667 bits per heavy atom. The fourth-order valence-corrected chi connectivity index (χ4v) is 9.25. The summed E-state index contributed by atoms with van der Waals surface area (Å²) in [5.74, 6) is -5.83. The highest BCUT2D eigenvalue weighted by Crippen LogP contribution is 2.24. The van der Waals surface area contributed by atoms with Gasteiger partial charge in [-0.15, -0.1) is 0 Å². The van der Waals surface area contributed by atoms with E-state index in [1.165, 1.54) is 70.6 Å². The molecule has 0 aliphatic carbocycles. The molecule has 22 nitrogen and oxygen atoms in total. The lowest BCUT2D eigenvalue weighted by Gasteiger charge is -2.36. The SMILES string of the molecule is CCCCCCCCCCCCCCCCC[N+](C)(C)CCC[Si](OC[C@@H](O)[C@@H](O)[C@H](O)[C@@H](O)C(=O)O)(OC[C@@H](O)[C@@H](O)[C@H](O)[C@@H](O)C(=O)O)OC[C@@H](O)[C@@H](O)[C@H](O)[C@@H](O)C(=O)O. The molecule has 0 heterocycles. The van der Waals surface area contributed by atoms with E-state index in [-0.39, 0.29) is 12.5 Å². The highest BCUT2D eigenvalue weighted by molar-refractivity contribution is 6.60. The number of carboxylic acid groups (broad SMARTS) is 3. The number of hydrogen-bond donors (Lipinski definition) is 15. The fraction of sp³-hybridized carbons (Fsp3) is 0.925. The van der Waals surface area contributed by atoms with E-state index < -0.39 is 120 Å². The maximum atomic E-state index is 11.2. The van der Waals surface area contributed by atoms with Crippen molar-refractivity contribution in [3.8, 4) is 0 Å². The van der Waals surface area contributed by atoms with E-state index in [1.807, 2.05) is 14.1 Å². The van der Waals surface area contributed by atoms with Crippen molar-refractivity contribution in [3.05, 3.63) is 0 Å². The number of carbonyl (C=O) groups is 3. The first-order valence-corrected chi connectivity index (χ1v) is 24.0. The predicted molar refractivity (Wildman–Crippen MR) is 225 cm³/mol. The van der Waals surface area contributed by atoms with E-state index in [2.05, 4.69) is 6.92 Å². The summed E-state index contributed by atoms with van der Waals surface area (Å²) in [6.45, 7) is 0.145. The second-order valence-corrected chi connectivity index (χ2v) is 19.8. The van der Waals surface area contributed by atoms with Gasteiger partial charge in [0.1, 0.15) is 54.9 Å². The van der Waals surface area contributed by atoms with Gasteiger partial charge in [-0.3, -0.25) is 0 Å². The standard InChI is InChI=1S/C40H79NO21Si/c1-4-5-6-7-8-9-10-11-12-13-14-15-16-17-18-20-41(2,3)21-19-22-63(60-23-26(42)29(45)32(48)35(51)38(54)55,61-24-27(43)30(46)33(49)36(52)39(56)57)62-25-28(44)31(47)34(50)37(53)40(58)59/h26-37,42-53H,4-25H2,1-3H3,(H2-,54,55,56,57,58,59)/p+1/t26-,27-,28-,29-,30-,31-,32+,33+,34+,35-,36-,37-/m1/s1. The Kier molecular flexibility index (Phi) is 31.6. The first-order chi connectivity index (χ1) is 29.4. The van der Waals surface area contributed by atoms with Gasteiger partial charge in [-0.05, 0) is 12.8 Å². The molecule has 0 spiro atoms. The topological polar surface area (TPSA) is 382 Å². The van der Waals surface area contributed by atoms with Crippen molar-refractivity contribution < 1.29 is 109 Å². The van der Waals surface area contributed by atoms with E-state index in [1.54, 1.807) is 0 Å². The molecule has 23 heteroatoms. The van der Waals surface area contributed by atoms with Gasteiger partial charge in [0.2, 0.25) is 0 Å². The third kappa shape index (κ3) is 24.9. The molecule has 0 radical (unpaired) electrons. The molecule has 0 bridgehead atoms. The molecule has 15 N–H and O–H groups in total. The van der Waals surface area contributed by atoms with E-state index in [0.717, 1.165) is 32.2 Å². The molecule has 0 saturated carbocycles. The molecule has 0 fully saturated rings. The molecule has 0 rings (SSSR count). The maximum absolute atomic E-state index is 11.2. The van der Waals surface area contributed by atoms with Crippen LogP contribution in [0.3, 0.4) is 0 Å². The Labute approximate surface area is 370 Å². The Morgan fingerprint density at radius 3 is 0.937 bits per heavy atom. The largest absolute Gasteiger partial charge is 0.501 e. The summed E-state index contributed by atoms with van der Waals surface area (Å²) in [6, 6.07) is -0.289. The molecule has 0 unspecified atom stereocenters. The van der Waals surface area contributed by atoms with Crippen LogP contribution in [-0.2, 0) is 27.7 Å². The van der Waals surface area contributed by atoms with Crippen molar-refractivity contribution >= 4 is 26.7 Å². The molecule has 12 atom stereocenters. The van der Waals surface area contributed by atoms with E-state index >= 15 is 0 Å². The molecule has 0 saturated heterocycles. The third-order valence-electron chi connectivity index (χ3n) is 11.0. The quantitative estimate of drug-likeness (QED) is 0.0177. The van der Waals surface area contributed by atoms with E-state index in [9.17, 15) is 75.7 Å². The van der Waals surface area contributed by atoms with Crippen LogP contribution in [0.5, 0.6) is 0 Å². The zero-order valence-electron chi connectivity index (χ0n) is 37.1. The summed E-state index contributed by atoms with van der Waals surface area (Å²) >= 11 is 0. The number of rotatable bonds is 41. The van der Waals surface area contributed by atoms with Crippen LogP contribution < -0.4 is 0 Å². The number of nitrogens with zero attached hydrogens (tertiary/aromatic N) is 1. The number of unbranched alkanes of at least 4 members (excludes halogenated alkanes) is 14. The normalized spacial score (nSPS) is 18.3. The minimum atomic E-state index is -4.65. The highest BCUT2D eigenvalue weighted by Gasteiger charge is 2.47. The average molecular weight is 939 g/mol. The van der Waals surface area contributed by atoms with Gasteiger partial charge >= 0.3 is 26.7 Å². The number of carboxylic acids is 3. The average Bonchev–Trinajstić information content (AvgIpc) is 3.24. The van der Waals surface area contributed by atoms with Crippen LogP contribution in [0.15, 0.2) is 0 Å². The van der Waals surface area contributed by atoms with Crippen molar-refractivity contribution in [2.24, 2.45) is 0 Å². The Balaban J connectivity index is 5.98. The van der Waals surface area contributed by atoms with Crippen molar-refractivity contribution in [1.29, 1.82) is 0 Å². The highest BCUT2D eigenvalue weighted by atomic mass is 28.4. The molecule has 0 aromatic carbocycles. The monoisotopic (exact) mass is 938 g/mol. The van der Waals surface area contributed by atoms with Crippen molar-refractivity contribution in [2.75, 3.05) is 47.0 Å². The first-order valence-electron chi connectivity index (χ1n) is 22.0. The minimum Gasteiger partial charge on any atom is -0.479 e. The lowest BCUT2D eigenvalue weighted by molar-refractivity contribution is -0.890. The van der Waals surface area contributed by atoms with Crippen molar-refractivity contribution in [1.82, 2.24) is 0 Å². The second kappa shape index (κ2) is 32.6. The van der Waals surface area contributed by atoms with Crippen LogP contribution in [0, 0.1) is 0 Å². The van der Waals surface area contributed by atoms with Crippen LogP contribution in [-0.4, -0.2) is 228 Å². The summed E-state index contributed by atoms with van der Waals surface area (Å²) < 4.78 is 17.9. The van der Waals surface area contributed by atoms with Crippen LogP contribution in [0.25, 0.3) is 0 Å². The van der Waals surface area contributed by atoms with Crippen LogP contribution in [0.1, 0.15) is 110 Å². The number of aliphatic hydroxyl groups excluding tert-OH is 12.